The average Bonchev–Trinajstić information content (AvgIpc) is 2.48. The van der Waals surface area contributed by atoms with E-state index in [1.807, 2.05) is 0 Å². The third-order valence-electron chi connectivity index (χ3n) is 3.97. The molecule has 6 heteroatoms. The molecule has 0 atom stereocenters. The first-order chi connectivity index (χ1) is 9.68. The number of aromatic nitrogens is 2. The molecular formula is C14H23BrN4O. The lowest BCUT2D eigenvalue weighted by Gasteiger charge is -2.31. The van der Waals surface area contributed by atoms with Crippen LogP contribution in [0.3, 0.4) is 0 Å². The van der Waals surface area contributed by atoms with Crippen LogP contribution in [0, 0.1) is 0 Å². The van der Waals surface area contributed by atoms with Gasteiger partial charge in [0.2, 0.25) is 0 Å². The van der Waals surface area contributed by atoms with Gasteiger partial charge < -0.3 is 15.2 Å². The minimum absolute atomic E-state index is 0.151. The largest absolute Gasteiger partial charge is 0.369 e. The smallest absolute Gasteiger partial charge is 0.267 e. The average molecular weight is 343 g/mol. The van der Waals surface area contributed by atoms with Crippen molar-refractivity contribution in [2.24, 2.45) is 0 Å². The van der Waals surface area contributed by atoms with Crippen LogP contribution in [0.2, 0.25) is 0 Å². The van der Waals surface area contributed by atoms with E-state index in [0.717, 1.165) is 25.6 Å². The summed E-state index contributed by atoms with van der Waals surface area (Å²) in [6, 6.07) is 0.758. The Labute approximate surface area is 128 Å². The molecule has 0 radical (unpaired) electrons. The van der Waals surface area contributed by atoms with Gasteiger partial charge in [0.25, 0.3) is 5.56 Å². The second-order valence-electron chi connectivity index (χ2n) is 5.45. The fourth-order valence-electron chi connectivity index (χ4n) is 2.75. The normalized spacial score (nSPS) is 16.6. The number of aromatic amines is 1. The molecule has 1 aromatic heterocycles. The number of H-pyrrole nitrogens is 1. The second-order valence-corrected chi connectivity index (χ2v) is 6.24. The minimum atomic E-state index is -0.151. The summed E-state index contributed by atoms with van der Waals surface area (Å²) < 4.78 is 0.473. The molecule has 0 amide bonds. The summed E-state index contributed by atoms with van der Waals surface area (Å²) in [5.41, 5.74) is -0.151. The van der Waals surface area contributed by atoms with Crippen molar-refractivity contribution in [3.05, 3.63) is 21.2 Å². The van der Waals surface area contributed by atoms with Crippen molar-refractivity contribution in [2.45, 2.75) is 44.6 Å². The zero-order chi connectivity index (χ0) is 14.4. The van der Waals surface area contributed by atoms with Crippen LogP contribution in [-0.2, 0) is 0 Å². The van der Waals surface area contributed by atoms with Gasteiger partial charge in [-0.15, -0.1) is 0 Å². The molecule has 112 valence electrons. The molecule has 1 heterocycles. The molecule has 1 saturated carbocycles. The third kappa shape index (κ3) is 4.31. The molecule has 2 N–H and O–H groups in total. The summed E-state index contributed by atoms with van der Waals surface area (Å²) in [5, 5.41) is 3.21. The van der Waals surface area contributed by atoms with Crippen LogP contribution in [0.15, 0.2) is 15.6 Å². The van der Waals surface area contributed by atoms with Crippen LogP contribution < -0.4 is 10.9 Å². The first-order valence-corrected chi connectivity index (χ1v) is 8.15. The molecular weight excluding hydrogens is 320 g/mol. The van der Waals surface area contributed by atoms with E-state index in [-0.39, 0.29) is 5.56 Å². The van der Waals surface area contributed by atoms with Crippen molar-refractivity contribution >= 4 is 21.7 Å². The lowest BCUT2D eigenvalue weighted by Crippen LogP contribution is -2.34. The van der Waals surface area contributed by atoms with Crippen molar-refractivity contribution in [3.8, 4) is 0 Å². The van der Waals surface area contributed by atoms with E-state index in [1.54, 1.807) is 0 Å². The van der Waals surface area contributed by atoms with Gasteiger partial charge in [-0.2, -0.15) is 0 Å². The molecule has 0 bridgehead atoms. The first kappa shape index (κ1) is 15.5. The van der Waals surface area contributed by atoms with E-state index in [0.29, 0.717) is 10.3 Å². The Kier molecular flexibility index (Phi) is 6.04. The van der Waals surface area contributed by atoms with Crippen molar-refractivity contribution in [2.75, 3.05) is 25.5 Å². The zero-order valence-electron chi connectivity index (χ0n) is 12.0. The Morgan fingerprint density at radius 3 is 2.95 bits per heavy atom. The molecule has 0 spiro atoms. The van der Waals surface area contributed by atoms with Gasteiger partial charge in [-0.05, 0) is 48.8 Å². The maximum atomic E-state index is 11.4. The van der Waals surface area contributed by atoms with Gasteiger partial charge in [0.15, 0.2) is 0 Å². The summed E-state index contributed by atoms with van der Waals surface area (Å²) in [5.74, 6) is 0.620. The third-order valence-corrected chi connectivity index (χ3v) is 4.71. The van der Waals surface area contributed by atoms with Gasteiger partial charge in [-0.3, -0.25) is 4.79 Å². The quantitative estimate of drug-likeness (QED) is 0.780. The molecule has 1 fully saturated rings. The standard InChI is InChI=1S/C14H23BrN4O/c1-19(11-6-3-2-4-7-11)9-5-8-16-13-12(15)14(20)18-10-17-13/h10-11H,2-9H2,1H3,(H2,16,17,18,20). The van der Waals surface area contributed by atoms with Gasteiger partial charge in [0.1, 0.15) is 10.3 Å². The van der Waals surface area contributed by atoms with E-state index in [9.17, 15) is 4.79 Å². The Morgan fingerprint density at radius 2 is 2.20 bits per heavy atom. The number of anilines is 1. The van der Waals surface area contributed by atoms with Crippen molar-refractivity contribution in [1.29, 1.82) is 0 Å². The summed E-state index contributed by atoms with van der Waals surface area (Å²) in [7, 11) is 2.22. The number of halogens is 1. The zero-order valence-corrected chi connectivity index (χ0v) is 13.6. The maximum absolute atomic E-state index is 11.4. The number of nitrogens with zero attached hydrogens (tertiary/aromatic N) is 2. The Hall–Kier alpha value is -0.880. The van der Waals surface area contributed by atoms with Gasteiger partial charge >= 0.3 is 0 Å². The highest BCUT2D eigenvalue weighted by Crippen LogP contribution is 2.21. The summed E-state index contributed by atoms with van der Waals surface area (Å²) in [4.78, 5) is 20.5. The number of nitrogens with one attached hydrogen (secondary N) is 2. The van der Waals surface area contributed by atoms with Crippen molar-refractivity contribution in [3.63, 3.8) is 0 Å². The van der Waals surface area contributed by atoms with Crippen LogP contribution in [-0.4, -0.2) is 41.0 Å². The molecule has 20 heavy (non-hydrogen) atoms. The molecule has 1 aromatic rings. The Balaban J connectivity index is 1.70. The molecule has 1 aliphatic carbocycles. The Morgan fingerprint density at radius 1 is 1.45 bits per heavy atom. The number of hydrogen-bond donors (Lipinski definition) is 2. The van der Waals surface area contributed by atoms with E-state index < -0.39 is 0 Å². The number of hydrogen-bond acceptors (Lipinski definition) is 4. The fourth-order valence-corrected chi connectivity index (χ4v) is 3.10. The predicted octanol–water partition coefficient (Wildman–Crippen LogP) is 2.60. The maximum Gasteiger partial charge on any atom is 0.267 e. The highest BCUT2D eigenvalue weighted by Gasteiger charge is 2.17. The summed E-state index contributed by atoms with van der Waals surface area (Å²) in [6.07, 6.45) is 9.29. The highest BCUT2D eigenvalue weighted by molar-refractivity contribution is 9.10. The lowest BCUT2D eigenvalue weighted by atomic mass is 9.94. The minimum Gasteiger partial charge on any atom is -0.369 e. The van der Waals surface area contributed by atoms with Gasteiger partial charge in [0, 0.05) is 12.6 Å². The topological polar surface area (TPSA) is 61.0 Å². The second kappa shape index (κ2) is 7.78. The molecule has 0 saturated heterocycles. The molecule has 5 nitrogen and oxygen atoms in total. The van der Waals surface area contributed by atoms with E-state index >= 15 is 0 Å². The summed E-state index contributed by atoms with van der Waals surface area (Å²) >= 11 is 3.24. The van der Waals surface area contributed by atoms with Crippen LogP contribution in [0.1, 0.15) is 38.5 Å². The van der Waals surface area contributed by atoms with Crippen LogP contribution in [0.4, 0.5) is 5.82 Å². The predicted molar refractivity (Wildman–Crippen MR) is 85.2 cm³/mol. The monoisotopic (exact) mass is 342 g/mol. The fraction of sp³-hybridized carbons (Fsp3) is 0.714. The Bertz CT molecular complexity index is 470. The molecule has 0 aromatic carbocycles. The molecule has 0 aliphatic heterocycles. The van der Waals surface area contributed by atoms with Gasteiger partial charge in [-0.1, -0.05) is 19.3 Å². The molecule has 2 rings (SSSR count). The van der Waals surface area contributed by atoms with Gasteiger partial charge in [-0.25, -0.2) is 4.98 Å². The van der Waals surface area contributed by atoms with E-state index in [1.165, 1.54) is 38.4 Å². The first-order valence-electron chi connectivity index (χ1n) is 7.36. The van der Waals surface area contributed by atoms with Crippen LogP contribution >= 0.6 is 15.9 Å². The molecule has 0 unspecified atom stereocenters. The highest BCUT2D eigenvalue weighted by atomic mass is 79.9. The number of rotatable bonds is 6. The van der Waals surface area contributed by atoms with Crippen molar-refractivity contribution in [1.82, 2.24) is 14.9 Å². The molecule has 1 aliphatic rings. The van der Waals surface area contributed by atoms with E-state index in [4.69, 9.17) is 0 Å². The summed E-state index contributed by atoms with van der Waals surface area (Å²) in [6.45, 7) is 1.91. The lowest BCUT2D eigenvalue weighted by molar-refractivity contribution is 0.191. The van der Waals surface area contributed by atoms with Crippen LogP contribution in [0.5, 0.6) is 0 Å². The SMILES string of the molecule is CN(CCCNc1nc[nH]c(=O)c1Br)C1CCCCC1. The van der Waals surface area contributed by atoms with Gasteiger partial charge in [0.05, 0.1) is 6.33 Å². The van der Waals surface area contributed by atoms with Crippen molar-refractivity contribution < 1.29 is 0 Å². The van der Waals surface area contributed by atoms with E-state index in [2.05, 4.69) is 43.2 Å². The van der Waals surface area contributed by atoms with Crippen LogP contribution in [0.25, 0.3) is 0 Å².